The fraction of sp³-hybridized carbons (Fsp3) is 0.231. The van der Waals surface area contributed by atoms with Gasteiger partial charge in [-0.2, -0.15) is 0 Å². The third-order valence-electron chi connectivity index (χ3n) is 5.07. The highest BCUT2D eigenvalue weighted by atomic mass is 19.1. The first-order valence-electron chi connectivity index (χ1n) is 10.8. The number of nitrogens with zero attached hydrogens (tertiary/aromatic N) is 1. The second-order valence-corrected chi connectivity index (χ2v) is 7.51. The maximum absolute atomic E-state index is 13.3. The van der Waals surface area contributed by atoms with Gasteiger partial charge in [-0.3, -0.25) is 0 Å². The average Bonchev–Trinajstić information content (AvgIpc) is 2.84. The summed E-state index contributed by atoms with van der Waals surface area (Å²) in [6.45, 7) is 0.280. The van der Waals surface area contributed by atoms with Crippen molar-refractivity contribution in [3.8, 4) is 5.75 Å². The Morgan fingerprint density at radius 3 is 2.15 bits per heavy atom. The molecule has 0 fully saturated rings. The van der Waals surface area contributed by atoms with Crippen molar-refractivity contribution in [3.05, 3.63) is 102 Å². The van der Waals surface area contributed by atoms with E-state index in [9.17, 15) is 19.1 Å². The standard InChI is InChI=1S/C26H27FN2O4/c27-22-13-11-21(12-14-22)19-24(25(31)33-23-9-5-2-6-10-23)28-26(32)29(17-18-30)16-15-20-7-3-1-4-8-20/h1-14,24,30H,15-19H2,(H,28,32)/t24-/m0/s1. The minimum absolute atomic E-state index is 0.121. The highest BCUT2D eigenvalue weighted by Crippen LogP contribution is 2.13. The number of carbonyl (C=O) groups excluding carboxylic acids is 2. The van der Waals surface area contributed by atoms with Gasteiger partial charge in [0.05, 0.1) is 6.61 Å². The van der Waals surface area contributed by atoms with Crippen LogP contribution in [0.2, 0.25) is 0 Å². The molecule has 0 saturated carbocycles. The number of esters is 1. The zero-order valence-corrected chi connectivity index (χ0v) is 18.2. The van der Waals surface area contributed by atoms with Gasteiger partial charge in [-0.05, 0) is 41.8 Å². The molecule has 0 aliphatic carbocycles. The van der Waals surface area contributed by atoms with Gasteiger partial charge in [0.1, 0.15) is 17.6 Å². The van der Waals surface area contributed by atoms with Crippen LogP contribution in [0.3, 0.4) is 0 Å². The second-order valence-electron chi connectivity index (χ2n) is 7.51. The molecule has 0 heterocycles. The fourth-order valence-corrected chi connectivity index (χ4v) is 3.31. The number of carbonyl (C=O) groups is 2. The van der Waals surface area contributed by atoms with Gasteiger partial charge in [-0.15, -0.1) is 0 Å². The van der Waals surface area contributed by atoms with E-state index in [2.05, 4.69) is 5.32 Å². The molecule has 3 aromatic carbocycles. The van der Waals surface area contributed by atoms with Crippen molar-refractivity contribution in [3.63, 3.8) is 0 Å². The third kappa shape index (κ3) is 7.73. The summed E-state index contributed by atoms with van der Waals surface area (Å²) >= 11 is 0. The second kappa shape index (κ2) is 12.4. The van der Waals surface area contributed by atoms with Gasteiger partial charge in [0, 0.05) is 19.5 Å². The predicted octanol–water partition coefficient (Wildman–Crippen LogP) is 3.59. The first-order valence-corrected chi connectivity index (χ1v) is 10.8. The Hall–Kier alpha value is -3.71. The summed E-state index contributed by atoms with van der Waals surface area (Å²) in [5.41, 5.74) is 1.73. The van der Waals surface area contributed by atoms with Crippen LogP contribution in [-0.2, 0) is 17.6 Å². The highest BCUT2D eigenvalue weighted by molar-refractivity contribution is 5.85. The molecule has 3 aromatic rings. The monoisotopic (exact) mass is 450 g/mol. The van der Waals surface area contributed by atoms with Crippen molar-refractivity contribution in [2.45, 2.75) is 18.9 Å². The van der Waals surface area contributed by atoms with Gasteiger partial charge in [0.2, 0.25) is 0 Å². The average molecular weight is 451 g/mol. The fourth-order valence-electron chi connectivity index (χ4n) is 3.31. The van der Waals surface area contributed by atoms with Crippen LogP contribution in [0.1, 0.15) is 11.1 Å². The lowest BCUT2D eigenvalue weighted by Crippen LogP contribution is -2.51. The molecule has 2 N–H and O–H groups in total. The lowest BCUT2D eigenvalue weighted by atomic mass is 10.1. The molecule has 0 saturated heterocycles. The summed E-state index contributed by atoms with van der Waals surface area (Å²) in [6, 6.07) is 22.5. The number of nitrogens with one attached hydrogen (secondary N) is 1. The largest absolute Gasteiger partial charge is 0.425 e. The molecule has 0 aliphatic heterocycles. The van der Waals surface area contributed by atoms with Crippen molar-refractivity contribution in [2.24, 2.45) is 0 Å². The number of aliphatic hydroxyl groups is 1. The van der Waals surface area contributed by atoms with Crippen LogP contribution in [0.4, 0.5) is 9.18 Å². The number of aliphatic hydroxyl groups excluding tert-OH is 1. The molecule has 2 amide bonds. The molecule has 172 valence electrons. The Kier molecular flexibility index (Phi) is 8.97. The van der Waals surface area contributed by atoms with Crippen LogP contribution < -0.4 is 10.1 Å². The van der Waals surface area contributed by atoms with Gasteiger partial charge < -0.3 is 20.1 Å². The molecule has 3 rings (SSSR count). The molecule has 0 unspecified atom stereocenters. The lowest BCUT2D eigenvalue weighted by molar-refractivity contribution is -0.136. The molecule has 0 spiro atoms. The number of hydrogen-bond acceptors (Lipinski definition) is 4. The molecule has 0 radical (unpaired) electrons. The van der Waals surface area contributed by atoms with Crippen molar-refractivity contribution in [1.29, 1.82) is 0 Å². The zero-order chi connectivity index (χ0) is 23.5. The van der Waals surface area contributed by atoms with E-state index in [0.717, 1.165) is 5.56 Å². The summed E-state index contributed by atoms with van der Waals surface area (Å²) in [7, 11) is 0. The van der Waals surface area contributed by atoms with Crippen LogP contribution >= 0.6 is 0 Å². The Morgan fingerprint density at radius 2 is 1.52 bits per heavy atom. The maximum atomic E-state index is 13.3. The minimum Gasteiger partial charge on any atom is -0.425 e. The molecule has 1 atom stereocenters. The van der Waals surface area contributed by atoms with Gasteiger partial charge in [0.15, 0.2) is 0 Å². The van der Waals surface area contributed by atoms with E-state index in [4.69, 9.17) is 4.74 Å². The maximum Gasteiger partial charge on any atom is 0.334 e. The molecule has 0 aliphatic rings. The van der Waals surface area contributed by atoms with Gasteiger partial charge in [0.25, 0.3) is 0 Å². The van der Waals surface area contributed by atoms with E-state index >= 15 is 0 Å². The minimum atomic E-state index is -0.999. The zero-order valence-electron chi connectivity index (χ0n) is 18.2. The van der Waals surface area contributed by atoms with Crippen molar-refractivity contribution < 1.29 is 23.8 Å². The smallest absolute Gasteiger partial charge is 0.334 e. The van der Waals surface area contributed by atoms with Crippen LogP contribution in [-0.4, -0.2) is 47.7 Å². The molecule has 7 heteroatoms. The van der Waals surface area contributed by atoms with Crippen LogP contribution in [0.15, 0.2) is 84.9 Å². The number of amides is 2. The van der Waals surface area contributed by atoms with E-state index in [1.807, 2.05) is 30.3 Å². The van der Waals surface area contributed by atoms with Crippen molar-refractivity contribution >= 4 is 12.0 Å². The summed E-state index contributed by atoms with van der Waals surface area (Å²) in [5.74, 6) is -0.663. The van der Waals surface area contributed by atoms with Crippen LogP contribution in [0, 0.1) is 5.82 Å². The van der Waals surface area contributed by atoms with E-state index in [1.165, 1.54) is 17.0 Å². The number of para-hydroxylation sites is 1. The summed E-state index contributed by atoms with van der Waals surface area (Å²) in [5, 5.41) is 12.2. The SMILES string of the molecule is O=C(Oc1ccccc1)[C@H](Cc1ccc(F)cc1)NC(=O)N(CCO)CCc1ccccc1. The van der Waals surface area contributed by atoms with Gasteiger partial charge in [-0.25, -0.2) is 14.0 Å². The first-order chi connectivity index (χ1) is 16.0. The Bertz CT molecular complexity index is 1010. The number of ether oxygens (including phenoxy) is 1. The van der Waals surface area contributed by atoms with E-state index in [0.29, 0.717) is 24.3 Å². The van der Waals surface area contributed by atoms with E-state index in [1.54, 1.807) is 42.5 Å². The summed E-state index contributed by atoms with van der Waals surface area (Å²) in [6.07, 6.45) is 0.731. The van der Waals surface area contributed by atoms with Crippen LogP contribution in [0.5, 0.6) is 5.75 Å². The molecule has 6 nitrogen and oxygen atoms in total. The quantitative estimate of drug-likeness (QED) is 0.366. The summed E-state index contributed by atoms with van der Waals surface area (Å²) in [4.78, 5) is 27.4. The summed E-state index contributed by atoms with van der Waals surface area (Å²) < 4.78 is 18.8. The van der Waals surface area contributed by atoms with Gasteiger partial charge in [-0.1, -0.05) is 60.7 Å². The Morgan fingerprint density at radius 1 is 0.879 bits per heavy atom. The molecule has 33 heavy (non-hydrogen) atoms. The Labute approximate surface area is 192 Å². The third-order valence-corrected chi connectivity index (χ3v) is 5.07. The predicted molar refractivity (Wildman–Crippen MR) is 123 cm³/mol. The number of rotatable bonds is 10. The first kappa shape index (κ1) is 23.9. The van der Waals surface area contributed by atoms with Crippen molar-refractivity contribution in [1.82, 2.24) is 10.2 Å². The van der Waals surface area contributed by atoms with Crippen molar-refractivity contribution in [2.75, 3.05) is 19.7 Å². The molecule has 0 aromatic heterocycles. The topological polar surface area (TPSA) is 78.9 Å². The normalized spacial score (nSPS) is 11.5. The molecule has 0 bridgehead atoms. The number of urea groups is 1. The number of halogens is 1. The molecular formula is C26H27FN2O4. The van der Waals surface area contributed by atoms with Gasteiger partial charge >= 0.3 is 12.0 Å². The molecular weight excluding hydrogens is 423 g/mol. The Balaban J connectivity index is 1.71. The van der Waals surface area contributed by atoms with E-state index in [-0.39, 0.29) is 25.4 Å². The van der Waals surface area contributed by atoms with E-state index < -0.39 is 18.0 Å². The number of hydrogen-bond donors (Lipinski definition) is 2. The highest BCUT2D eigenvalue weighted by Gasteiger charge is 2.26. The lowest BCUT2D eigenvalue weighted by Gasteiger charge is -2.25. The number of benzene rings is 3. The van der Waals surface area contributed by atoms with Crippen LogP contribution in [0.25, 0.3) is 0 Å².